The van der Waals surface area contributed by atoms with E-state index >= 15 is 0 Å². The highest BCUT2D eigenvalue weighted by molar-refractivity contribution is 6.33. The molecule has 0 aliphatic heterocycles. The number of amides is 1. The Morgan fingerprint density at radius 3 is 2.75 bits per heavy atom. The standard InChI is InChI=1S/C15H19ClN6O2/c1-9(7-24-2)20-13-12(17)14(19-8-18-13)21-22-15(23)10-5-3-4-6-11(10)16/h3-6,8-9H,7,17H2,1-2H3,(H,22,23)(H2,18,19,20,21). The van der Waals surface area contributed by atoms with E-state index in [0.717, 1.165) is 0 Å². The van der Waals surface area contributed by atoms with Gasteiger partial charge in [0, 0.05) is 13.2 Å². The number of ether oxygens (including phenoxy) is 1. The van der Waals surface area contributed by atoms with Gasteiger partial charge in [0.2, 0.25) is 0 Å². The minimum Gasteiger partial charge on any atom is -0.393 e. The molecule has 1 aromatic heterocycles. The van der Waals surface area contributed by atoms with Gasteiger partial charge in [-0.15, -0.1) is 0 Å². The van der Waals surface area contributed by atoms with Crippen molar-refractivity contribution in [2.45, 2.75) is 13.0 Å². The van der Waals surface area contributed by atoms with Crippen LogP contribution in [0.5, 0.6) is 0 Å². The van der Waals surface area contributed by atoms with Gasteiger partial charge in [0.05, 0.1) is 17.2 Å². The van der Waals surface area contributed by atoms with Crippen LogP contribution in [0.15, 0.2) is 30.6 Å². The van der Waals surface area contributed by atoms with Gasteiger partial charge in [0.15, 0.2) is 11.6 Å². The van der Waals surface area contributed by atoms with Crippen molar-refractivity contribution in [2.24, 2.45) is 0 Å². The Bertz CT molecular complexity index is 712. The molecule has 0 aliphatic carbocycles. The molecule has 128 valence electrons. The number of nitrogens with zero attached hydrogens (tertiary/aromatic N) is 2. The third kappa shape index (κ3) is 4.46. The molecule has 1 atom stereocenters. The van der Waals surface area contributed by atoms with Gasteiger partial charge in [0.1, 0.15) is 12.0 Å². The number of hydrogen-bond donors (Lipinski definition) is 4. The van der Waals surface area contributed by atoms with Crippen LogP contribution in [0.25, 0.3) is 0 Å². The molecule has 0 saturated carbocycles. The number of anilines is 3. The summed E-state index contributed by atoms with van der Waals surface area (Å²) in [6.45, 7) is 2.42. The first-order valence-electron chi connectivity index (χ1n) is 7.19. The third-order valence-corrected chi connectivity index (χ3v) is 3.43. The number of halogens is 1. The van der Waals surface area contributed by atoms with Gasteiger partial charge in [-0.25, -0.2) is 9.97 Å². The lowest BCUT2D eigenvalue weighted by molar-refractivity contribution is 0.0962. The summed E-state index contributed by atoms with van der Waals surface area (Å²) in [5.74, 6) is 0.322. The van der Waals surface area contributed by atoms with E-state index < -0.39 is 5.91 Å². The molecule has 1 unspecified atom stereocenters. The van der Waals surface area contributed by atoms with E-state index in [1.807, 2.05) is 6.92 Å². The summed E-state index contributed by atoms with van der Waals surface area (Å²) in [7, 11) is 1.61. The van der Waals surface area contributed by atoms with Crippen molar-refractivity contribution in [3.63, 3.8) is 0 Å². The largest absolute Gasteiger partial charge is 0.393 e. The quantitative estimate of drug-likeness (QED) is 0.564. The summed E-state index contributed by atoms with van der Waals surface area (Å²) in [5, 5.41) is 3.46. The van der Waals surface area contributed by atoms with Crippen molar-refractivity contribution in [3.8, 4) is 0 Å². The molecule has 24 heavy (non-hydrogen) atoms. The number of carbonyl (C=O) groups excluding carboxylic acids is 1. The van der Waals surface area contributed by atoms with Gasteiger partial charge < -0.3 is 15.8 Å². The van der Waals surface area contributed by atoms with Crippen LogP contribution in [0, 0.1) is 0 Å². The molecule has 0 spiro atoms. The molecule has 0 aliphatic rings. The molecule has 0 bridgehead atoms. The van der Waals surface area contributed by atoms with Gasteiger partial charge in [-0.1, -0.05) is 23.7 Å². The number of methoxy groups -OCH3 is 1. The number of nitrogens with one attached hydrogen (secondary N) is 3. The summed E-state index contributed by atoms with van der Waals surface area (Å²) in [5.41, 5.74) is 11.8. The molecule has 0 radical (unpaired) electrons. The van der Waals surface area contributed by atoms with Crippen molar-refractivity contribution in [2.75, 3.05) is 30.2 Å². The molecule has 0 saturated heterocycles. The molecule has 1 heterocycles. The number of hydrogen-bond acceptors (Lipinski definition) is 7. The molecule has 2 rings (SSSR count). The molecule has 5 N–H and O–H groups in total. The second-order valence-electron chi connectivity index (χ2n) is 5.04. The Balaban J connectivity index is 2.05. The highest BCUT2D eigenvalue weighted by Crippen LogP contribution is 2.22. The Labute approximate surface area is 144 Å². The van der Waals surface area contributed by atoms with Crippen molar-refractivity contribution in [1.29, 1.82) is 0 Å². The van der Waals surface area contributed by atoms with Crippen LogP contribution < -0.4 is 21.9 Å². The number of aromatic nitrogens is 2. The van der Waals surface area contributed by atoms with Gasteiger partial charge in [-0.2, -0.15) is 0 Å². The van der Waals surface area contributed by atoms with E-state index in [1.165, 1.54) is 6.33 Å². The van der Waals surface area contributed by atoms with Crippen LogP contribution in [-0.4, -0.2) is 35.6 Å². The van der Waals surface area contributed by atoms with Gasteiger partial charge >= 0.3 is 0 Å². The fraction of sp³-hybridized carbons (Fsp3) is 0.267. The summed E-state index contributed by atoms with van der Waals surface area (Å²) in [6.07, 6.45) is 1.34. The molecule has 1 amide bonds. The first-order valence-corrected chi connectivity index (χ1v) is 7.57. The fourth-order valence-corrected chi connectivity index (χ4v) is 2.19. The molecule has 9 heteroatoms. The zero-order valence-electron chi connectivity index (χ0n) is 13.3. The molecule has 8 nitrogen and oxygen atoms in total. The van der Waals surface area contributed by atoms with Crippen molar-refractivity contribution >= 4 is 34.8 Å². The maximum atomic E-state index is 12.1. The average Bonchev–Trinajstić information content (AvgIpc) is 2.56. The smallest absolute Gasteiger partial charge is 0.271 e. The Morgan fingerprint density at radius 1 is 1.33 bits per heavy atom. The van der Waals surface area contributed by atoms with Gasteiger partial charge in [-0.05, 0) is 19.1 Å². The highest BCUT2D eigenvalue weighted by Gasteiger charge is 2.13. The van der Waals surface area contributed by atoms with Crippen molar-refractivity contribution < 1.29 is 9.53 Å². The van der Waals surface area contributed by atoms with Crippen LogP contribution in [0.1, 0.15) is 17.3 Å². The molecule has 0 fully saturated rings. The topological polar surface area (TPSA) is 114 Å². The van der Waals surface area contributed by atoms with Crippen molar-refractivity contribution in [3.05, 3.63) is 41.2 Å². The number of benzene rings is 1. The lowest BCUT2D eigenvalue weighted by atomic mass is 10.2. The van der Waals surface area contributed by atoms with Crippen LogP contribution in [0.2, 0.25) is 5.02 Å². The first kappa shape index (κ1) is 17.8. The van der Waals surface area contributed by atoms with E-state index in [9.17, 15) is 4.79 Å². The van der Waals surface area contributed by atoms with Gasteiger partial charge in [0.25, 0.3) is 5.91 Å². The maximum absolute atomic E-state index is 12.1. The fourth-order valence-electron chi connectivity index (χ4n) is 1.96. The van der Waals surface area contributed by atoms with Crippen LogP contribution in [-0.2, 0) is 4.74 Å². The number of hydrazine groups is 1. The third-order valence-electron chi connectivity index (χ3n) is 3.10. The Kier molecular flexibility index (Phi) is 6.16. The van der Waals surface area contributed by atoms with E-state index in [-0.39, 0.29) is 17.5 Å². The minimum absolute atomic E-state index is 0.0118. The lowest BCUT2D eigenvalue weighted by Crippen LogP contribution is -2.31. The number of rotatable bonds is 7. The highest BCUT2D eigenvalue weighted by atomic mass is 35.5. The maximum Gasteiger partial charge on any atom is 0.271 e. The molecule has 1 aromatic carbocycles. The molecular weight excluding hydrogens is 332 g/mol. The van der Waals surface area contributed by atoms with Crippen LogP contribution in [0.3, 0.4) is 0 Å². The monoisotopic (exact) mass is 350 g/mol. The zero-order chi connectivity index (χ0) is 17.5. The number of nitrogen functional groups attached to an aromatic ring is 1. The van der Waals surface area contributed by atoms with Crippen LogP contribution in [0.4, 0.5) is 17.3 Å². The molecular formula is C15H19ClN6O2. The van der Waals surface area contributed by atoms with Crippen LogP contribution >= 0.6 is 11.6 Å². The van der Waals surface area contributed by atoms with Gasteiger partial charge in [-0.3, -0.25) is 15.6 Å². The van der Waals surface area contributed by atoms with E-state index in [2.05, 4.69) is 26.1 Å². The predicted molar refractivity (Wildman–Crippen MR) is 93.9 cm³/mol. The van der Waals surface area contributed by atoms with E-state index in [1.54, 1.807) is 31.4 Å². The van der Waals surface area contributed by atoms with E-state index in [4.69, 9.17) is 22.1 Å². The van der Waals surface area contributed by atoms with E-state index in [0.29, 0.717) is 23.0 Å². The normalized spacial score (nSPS) is 11.6. The zero-order valence-corrected chi connectivity index (χ0v) is 14.1. The second-order valence-corrected chi connectivity index (χ2v) is 5.45. The summed E-state index contributed by atoms with van der Waals surface area (Å²) in [4.78, 5) is 20.2. The SMILES string of the molecule is COCC(C)Nc1ncnc(NNC(=O)c2ccccc2Cl)c1N. The number of nitrogens with two attached hydrogens (primary N) is 1. The minimum atomic E-state index is -0.402. The first-order chi connectivity index (χ1) is 11.5. The lowest BCUT2D eigenvalue weighted by Gasteiger charge is -2.16. The average molecular weight is 351 g/mol. The number of carbonyl (C=O) groups is 1. The molecule has 2 aromatic rings. The summed E-state index contributed by atoms with van der Waals surface area (Å²) >= 11 is 5.98. The van der Waals surface area contributed by atoms with Crippen molar-refractivity contribution in [1.82, 2.24) is 15.4 Å². The predicted octanol–water partition coefficient (Wildman–Crippen LogP) is 1.92. The Hall–Kier alpha value is -2.58. The summed E-state index contributed by atoms with van der Waals surface area (Å²) < 4.78 is 5.05. The second kappa shape index (κ2) is 8.32. The Morgan fingerprint density at radius 2 is 2.04 bits per heavy atom. The summed E-state index contributed by atoms with van der Waals surface area (Å²) in [6, 6.07) is 6.72.